The molecular formula is C7H8N4S. The molecule has 12 heavy (non-hydrogen) atoms. The Kier molecular flexibility index (Phi) is 3.28. The summed E-state index contributed by atoms with van der Waals surface area (Å²) in [5, 5.41) is 7.08. The van der Waals surface area contributed by atoms with Crippen LogP contribution in [0.3, 0.4) is 0 Å². The predicted molar refractivity (Wildman–Crippen MR) is 51.9 cm³/mol. The van der Waals surface area contributed by atoms with Gasteiger partial charge < -0.3 is 11.1 Å². The molecule has 0 fully saturated rings. The van der Waals surface area contributed by atoms with Crippen LogP contribution in [0.15, 0.2) is 29.4 Å². The number of aromatic nitrogens is 1. The molecule has 0 aliphatic carbocycles. The third kappa shape index (κ3) is 2.71. The lowest BCUT2D eigenvalue weighted by atomic mass is 10.5. The van der Waals surface area contributed by atoms with Gasteiger partial charge in [0.25, 0.3) is 0 Å². The lowest BCUT2D eigenvalue weighted by Gasteiger charge is -1.93. The Labute approximate surface area is 74.4 Å². The van der Waals surface area contributed by atoms with Crippen LogP contribution >= 0.6 is 11.8 Å². The molecule has 1 rings (SSSR count). The highest BCUT2D eigenvalue weighted by atomic mass is 32.2. The van der Waals surface area contributed by atoms with Crippen LogP contribution in [-0.2, 0) is 0 Å². The summed E-state index contributed by atoms with van der Waals surface area (Å²) in [6.45, 7) is 0. The van der Waals surface area contributed by atoms with Crippen molar-refractivity contribution in [1.29, 1.82) is 5.41 Å². The fourth-order valence-corrected chi connectivity index (χ4v) is 0.886. The summed E-state index contributed by atoms with van der Waals surface area (Å²) in [6.07, 6.45) is 1.64. The number of amidine groups is 1. The monoisotopic (exact) mass is 180 g/mol. The molecule has 0 atom stereocenters. The Balaban J connectivity index is 2.74. The number of rotatable bonds is 2. The number of nitrogens with one attached hydrogen (secondary N) is 1. The molecule has 0 radical (unpaired) electrons. The number of thioether (sulfide) groups is 1. The van der Waals surface area contributed by atoms with E-state index in [2.05, 4.69) is 9.98 Å². The molecule has 1 aromatic rings. The summed E-state index contributed by atoms with van der Waals surface area (Å²) < 4.78 is 0. The van der Waals surface area contributed by atoms with Crippen molar-refractivity contribution in [1.82, 2.24) is 4.98 Å². The molecule has 0 amide bonds. The molecule has 1 heterocycles. The molecule has 0 aliphatic rings. The van der Waals surface area contributed by atoms with E-state index in [9.17, 15) is 0 Å². The Bertz CT molecular complexity index is 283. The average Bonchev–Trinajstić information content (AvgIpc) is 2.06. The highest BCUT2D eigenvalue weighted by Crippen LogP contribution is 2.07. The van der Waals surface area contributed by atoms with Gasteiger partial charge in [-0.1, -0.05) is 6.07 Å². The quantitative estimate of drug-likeness (QED) is 0.533. The average molecular weight is 180 g/mol. The number of hydrogen-bond acceptors (Lipinski definition) is 4. The number of pyridine rings is 1. The first-order valence-electron chi connectivity index (χ1n) is 3.23. The van der Waals surface area contributed by atoms with Gasteiger partial charge in [0.2, 0.25) is 0 Å². The van der Waals surface area contributed by atoms with Crippen LogP contribution in [0.25, 0.3) is 0 Å². The van der Waals surface area contributed by atoms with Crippen LogP contribution in [0.1, 0.15) is 0 Å². The fraction of sp³-hybridized carbons (Fsp3) is 0. The maximum atomic E-state index is 6.76. The Morgan fingerprint density at radius 2 is 2.50 bits per heavy atom. The van der Waals surface area contributed by atoms with Gasteiger partial charge in [-0.25, -0.2) is 9.98 Å². The molecule has 1 aromatic heterocycles. The van der Waals surface area contributed by atoms with Crippen molar-refractivity contribution in [3.05, 3.63) is 24.4 Å². The van der Waals surface area contributed by atoms with E-state index in [0.717, 1.165) is 17.3 Å². The summed E-state index contributed by atoms with van der Waals surface area (Å²) in [5.41, 5.74) is 6.56. The normalized spacial score (nSPS) is 11.2. The molecule has 0 saturated carbocycles. The van der Waals surface area contributed by atoms with E-state index in [0.29, 0.717) is 11.0 Å². The van der Waals surface area contributed by atoms with Crippen molar-refractivity contribution in [2.45, 2.75) is 0 Å². The third-order valence-electron chi connectivity index (χ3n) is 1.05. The first-order valence-corrected chi connectivity index (χ1v) is 4.11. The molecule has 3 N–H and O–H groups in total. The third-order valence-corrected chi connectivity index (χ3v) is 1.50. The summed E-state index contributed by atoms with van der Waals surface area (Å²) in [5.74, 6) is 0.560. The van der Waals surface area contributed by atoms with Crippen molar-refractivity contribution >= 4 is 28.3 Å². The Morgan fingerprint density at radius 3 is 3.08 bits per heavy atom. The van der Waals surface area contributed by atoms with E-state index in [1.54, 1.807) is 18.3 Å². The van der Waals surface area contributed by atoms with Crippen molar-refractivity contribution in [3.8, 4) is 0 Å². The molecule has 0 unspecified atom stereocenters. The second-order valence-corrected chi connectivity index (χ2v) is 2.76. The molecular weight excluding hydrogens is 172 g/mol. The predicted octanol–water partition coefficient (Wildman–Crippen LogP) is 1.37. The Hall–Kier alpha value is -1.36. The SMILES string of the molecule is N=CSC(N)=Nc1ccccn1. The number of nitrogens with two attached hydrogens (primary N) is 1. The van der Waals surface area contributed by atoms with Crippen LogP contribution < -0.4 is 5.73 Å². The smallest absolute Gasteiger partial charge is 0.166 e. The maximum absolute atomic E-state index is 6.76. The fourth-order valence-electron chi connectivity index (χ4n) is 0.620. The van der Waals surface area contributed by atoms with E-state index in [1.807, 2.05) is 6.07 Å². The standard InChI is InChI=1S/C7H8N4S/c8-5-12-7(9)11-6-3-1-2-4-10-6/h1-5,8H,(H2,9,10,11). The summed E-state index contributed by atoms with van der Waals surface area (Å²) in [4.78, 5) is 7.89. The highest BCUT2D eigenvalue weighted by molar-refractivity contribution is 8.24. The minimum absolute atomic E-state index is 0.323. The molecule has 0 saturated heterocycles. The summed E-state index contributed by atoms with van der Waals surface area (Å²) >= 11 is 1.06. The second kappa shape index (κ2) is 4.50. The van der Waals surface area contributed by atoms with E-state index in [1.165, 1.54) is 0 Å². The minimum atomic E-state index is 0.323. The van der Waals surface area contributed by atoms with Gasteiger partial charge in [0.05, 0.1) is 5.55 Å². The zero-order valence-electron chi connectivity index (χ0n) is 6.27. The van der Waals surface area contributed by atoms with E-state index in [-0.39, 0.29) is 0 Å². The first kappa shape index (κ1) is 8.73. The van der Waals surface area contributed by atoms with Crippen LogP contribution in [0.5, 0.6) is 0 Å². The minimum Gasteiger partial charge on any atom is -0.378 e. The van der Waals surface area contributed by atoms with Gasteiger partial charge in [0.15, 0.2) is 11.0 Å². The topological polar surface area (TPSA) is 75.1 Å². The molecule has 62 valence electrons. The van der Waals surface area contributed by atoms with Gasteiger partial charge in [-0.15, -0.1) is 0 Å². The zero-order chi connectivity index (χ0) is 8.81. The largest absolute Gasteiger partial charge is 0.378 e. The number of nitrogens with zero attached hydrogens (tertiary/aromatic N) is 2. The molecule has 5 heteroatoms. The highest BCUT2D eigenvalue weighted by Gasteiger charge is 1.91. The second-order valence-electron chi connectivity index (χ2n) is 1.87. The van der Waals surface area contributed by atoms with Crippen LogP contribution in [0.2, 0.25) is 0 Å². The van der Waals surface area contributed by atoms with Gasteiger partial charge in [0.1, 0.15) is 0 Å². The number of aliphatic imine (C=N–C) groups is 1. The van der Waals surface area contributed by atoms with Gasteiger partial charge >= 0.3 is 0 Å². The first-order chi connectivity index (χ1) is 5.83. The van der Waals surface area contributed by atoms with Crippen molar-refractivity contribution in [3.63, 3.8) is 0 Å². The van der Waals surface area contributed by atoms with E-state index < -0.39 is 0 Å². The molecule has 0 aliphatic heterocycles. The maximum Gasteiger partial charge on any atom is 0.166 e. The van der Waals surface area contributed by atoms with Crippen molar-refractivity contribution in [2.24, 2.45) is 10.7 Å². The molecule has 0 aromatic carbocycles. The van der Waals surface area contributed by atoms with E-state index >= 15 is 0 Å². The molecule has 4 nitrogen and oxygen atoms in total. The van der Waals surface area contributed by atoms with Crippen LogP contribution in [0.4, 0.5) is 5.82 Å². The van der Waals surface area contributed by atoms with Gasteiger partial charge in [0, 0.05) is 6.20 Å². The number of hydrogen-bond donors (Lipinski definition) is 2. The summed E-state index contributed by atoms with van der Waals surface area (Å²) in [7, 11) is 0. The van der Waals surface area contributed by atoms with Crippen molar-refractivity contribution in [2.75, 3.05) is 0 Å². The van der Waals surface area contributed by atoms with Crippen molar-refractivity contribution < 1.29 is 0 Å². The summed E-state index contributed by atoms with van der Waals surface area (Å²) in [6, 6.07) is 5.38. The lowest BCUT2D eigenvalue weighted by molar-refractivity contribution is 1.27. The van der Waals surface area contributed by atoms with E-state index in [4.69, 9.17) is 11.1 Å². The van der Waals surface area contributed by atoms with Gasteiger partial charge in [-0.2, -0.15) is 0 Å². The zero-order valence-corrected chi connectivity index (χ0v) is 7.08. The lowest BCUT2D eigenvalue weighted by Crippen LogP contribution is -2.05. The molecule has 0 spiro atoms. The van der Waals surface area contributed by atoms with Gasteiger partial charge in [-0.05, 0) is 23.9 Å². The van der Waals surface area contributed by atoms with Crippen LogP contribution in [-0.4, -0.2) is 15.7 Å². The van der Waals surface area contributed by atoms with Crippen LogP contribution in [0, 0.1) is 5.41 Å². The Morgan fingerprint density at radius 1 is 1.67 bits per heavy atom. The van der Waals surface area contributed by atoms with Gasteiger partial charge in [-0.3, -0.25) is 0 Å². The molecule has 0 bridgehead atoms.